The van der Waals surface area contributed by atoms with E-state index in [1.165, 1.54) is 18.3 Å². The van der Waals surface area contributed by atoms with E-state index in [0.717, 1.165) is 0 Å². The third-order valence-corrected chi connectivity index (χ3v) is 2.03. The summed E-state index contributed by atoms with van der Waals surface area (Å²) in [5.74, 6) is -1.84. The van der Waals surface area contributed by atoms with Gasteiger partial charge in [0.1, 0.15) is 0 Å². The van der Waals surface area contributed by atoms with Crippen LogP contribution in [0.5, 0.6) is 0 Å². The van der Waals surface area contributed by atoms with Crippen LogP contribution in [0.15, 0.2) is 23.3 Å². The SMILES string of the molecule is O=C(C1=c2cccnc2=NC1)C(F)(F)F. The monoisotopic (exact) mass is 214 g/mol. The summed E-state index contributed by atoms with van der Waals surface area (Å²) in [7, 11) is 0. The van der Waals surface area contributed by atoms with Crippen molar-refractivity contribution in [3.63, 3.8) is 0 Å². The number of ketones is 1. The van der Waals surface area contributed by atoms with Crippen molar-refractivity contribution in [1.82, 2.24) is 4.98 Å². The van der Waals surface area contributed by atoms with Gasteiger partial charge in [-0.15, -0.1) is 0 Å². The molecule has 15 heavy (non-hydrogen) atoms. The number of nitrogens with zero attached hydrogens (tertiary/aromatic N) is 2. The molecule has 3 nitrogen and oxygen atoms in total. The zero-order valence-corrected chi connectivity index (χ0v) is 7.38. The number of alkyl halides is 3. The molecule has 2 heterocycles. The highest BCUT2D eigenvalue weighted by atomic mass is 19.4. The molecule has 0 N–H and O–H groups in total. The number of hydrogen-bond acceptors (Lipinski definition) is 3. The number of hydrogen-bond donors (Lipinski definition) is 0. The second kappa shape index (κ2) is 3.15. The minimum absolute atomic E-state index is 0.180. The molecule has 0 unspecified atom stereocenters. The summed E-state index contributed by atoms with van der Waals surface area (Å²) in [5, 5.41) is 0.180. The molecule has 2 rings (SSSR count). The van der Waals surface area contributed by atoms with Gasteiger partial charge in [0.15, 0.2) is 5.49 Å². The van der Waals surface area contributed by atoms with Crippen LogP contribution in [-0.4, -0.2) is 23.5 Å². The third-order valence-electron chi connectivity index (χ3n) is 2.03. The lowest BCUT2D eigenvalue weighted by molar-refractivity contribution is -0.164. The van der Waals surface area contributed by atoms with Crippen LogP contribution in [0.25, 0.3) is 5.57 Å². The lowest BCUT2D eigenvalue weighted by atomic mass is 10.1. The predicted octanol–water partition coefficient (Wildman–Crippen LogP) is -0.00310. The molecule has 1 aliphatic heterocycles. The highest BCUT2D eigenvalue weighted by Crippen LogP contribution is 2.21. The maximum absolute atomic E-state index is 12.2. The second-order valence-electron chi connectivity index (χ2n) is 3.00. The summed E-state index contributed by atoms with van der Waals surface area (Å²) in [6, 6.07) is 2.89. The van der Waals surface area contributed by atoms with Gasteiger partial charge in [0, 0.05) is 17.0 Å². The highest BCUT2D eigenvalue weighted by Gasteiger charge is 2.41. The topological polar surface area (TPSA) is 42.3 Å². The Balaban J connectivity index is 2.61. The van der Waals surface area contributed by atoms with Gasteiger partial charge >= 0.3 is 6.18 Å². The number of fused-ring (bicyclic) bond motifs is 1. The van der Waals surface area contributed by atoms with E-state index >= 15 is 0 Å². The maximum Gasteiger partial charge on any atom is 0.454 e. The fourth-order valence-corrected chi connectivity index (χ4v) is 1.36. The van der Waals surface area contributed by atoms with Crippen LogP contribution in [0.2, 0.25) is 0 Å². The van der Waals surface area contributed by atoms with Crippen molar-refractivity contribution in [2.75, 3.05) is 6.54 Å². The molecule has 78 valence electrons. The van der Waals surface area contributed by atoms with Crippen molar-refractivity contribution in [2.24, 2.45) is 4.99 Å². The third kappa shape index (κ3) is 1.62. The van der Waals surface area contributed by atoms with E-state index in [9.17, 15) is 18.0 Å². The summed E-state index contributed by atoms with van der Waals surface area (Å²) >= 11 is 0. The number of carbonyl (C=O) groups is 1. The zero-order valence-electron chi connectivity index (χ0n) is 7.38. The van der Waals surface area contributed by atoms with Crippen LogP contribution in [0.4, 0.5) is 13.2 Å². The lowest BCUT2D eigenvalue weighted by Gasteiger charge is -2.04. The zero-order chi connectivity index (χ0) is 11.1. The Morgan fingerprint density at radius 1 is 1.40 bits per heavy atom. The Hall–Kier alpha value is -1.72. The van der Waals surface area contributed by atoms with Crippen molar-refractivity contribution < 1.29 is 18.0 Å². The molecule has 0 amide bonds. The van der Waals surface area contributed by atoms with Crippen LogP contribution in [0.3, 0.4) is 0 Å². The quantitative estimate of drug-likeness (QED) is 0.660. The standard InChI is InChI=1S/C9H5F3N2O/c10-9(11,12)7(15)6-4-14-8-5(6)2-1-3-13-8/h1-3H,4H2. The minimum Gasteiger partial charge on any atom is -0.284 e. The van der Waals surface area contributed by atoms with E-state index in [4.69, 9.17) is 0 Å². The van der Waals surface area contributed by atoms with Crippen molar-refractivity contribution in [2.45, 2.75) is 6.18 Å². The van der Waals surface area contributed by atoms with Crippen LogP contribution in [0.1, 0.15) is 0 Å². The number of aromatic nitrogens is 1. The van der Waals surface area contributed by atoms with Crippen molar-refractivity contribution >= 4 is 11.4 Å². The number of halogens is 3. The van der Waals surface area contributed by atoms with E-state index < -0.39 is 12.0 Å². The van der Waals surface area contributed by atoms with Gasteiger partial charge in [0.2, 0.25) is 0 Å². The van der Waals surface area contributed by atoms with E-state index in [-0.39, 0.29) is 22.8 Å². The molecule has 1 aromatic rings. The van der Waals surface area contributed by atoms with Crippen LogP contribution in [-0.2, 0) is 4.79 Å². The van der Waals surface area contributed by atoms with Crippen molar-refractivity contribution in [3.8, 4) is 0 Å². The number of rotatable bonds is 1. The van der Waals surface area contributed by atoms with Gasteiger partial charge in [-0.25, -0.2) is 4.98 Å². The maximum atomic E-state index is 12.2. The lowest BCUT2D eigenvalue weighted by Crippen LogP contribution is -2.32. The molecule has 0 aromatic carbocycles. The average molecular weight is 214 g/mol. The summed E-state index contributed by atoms with van der Waals surface area (Å²) in [6.45, 7) is -0.245. The highest BCUT2D eigenvalue weighted by molar-refractivity contribution is 6.18. The van der Waals surface area contributed by atoms with Crippen LogP contribution in [0, 0.1) is 0 Å². The molecule has 0 atom stereocenters. The molecule has 0 bridgehead atoms. The first-order valence-electron chi connectivity index (χ1n) is 4.10. The molecule has 0 spiro atoms. The normalized spacial score (nSPS) is 14.7. The summed E-state index contributed by atoms with van der Waals surface area (Å²) in [5.41, 5.74) is -0.129. The number of pyridine rings is 1. The molecule has 0 saturated heterocycles. The molecule has 1 aromatic heterocycles. The van der Waals surface area contributed by atoms with Crippen LogP contribution < -0.4 is 10.7 Å². The van der Waals surface area contributed by atoms with E-state index in [1.54, 1.807) is 0 Å². The van der Waals surface area contributed by atoms with Gasteiger partial charge in [-0.3, -0.25) is 9.79 Å². The van der Waals surface area contributed by atoms with Gasteiger partial charge in [0.05, 0.1) is 6.54 Å². The Morgan fingerprint density at radius 3 is 2.80 bits per heavy atom. The second-order valence-corrected chi connectivity index (χ2v) is 3.00. The van der Waals surface area contributed by atoms with Crippen LogP contribution >= 0.6 is 0 Å². The molecule has 1 aliphatic rings. The molecular weight excluding hydrogens is 209 g/mol. The molecule has 6 heteroatoms. The first-order valence-corrected chi connectivity index (χ1v) is 4.10. The minimum atomic E-state index is -4.84. The molecule has 0 aliphatic carbocycles. The Kier molecular flexibility index (Phi) is 2.06. The van der Waals surface area contributed by atoms with Crippen molar-refractivity contribution in [3.05, 3.63) is 29.0 Å². The Labute approximate surface area is 82.0 Å². The van der Waals surface area contributed by atoms with Gasteiger partial charge in [0.25, 0.3) is 5.78 Å². The summed E-state index contributed by atoms with van der Waals surface area (Å²) in [4.78, 5) is 18.5. The molecule has 0 saturated carbocycles. The Bertz CT molecular complexity index is 533. The first kappa shape index (κ1) is 9.82. The largest absolute Gasteiger partial charge is 0.454 e. The first-order chi connectivity index (χ1) is 7.00. The van der Waals surface area contributed by atoms with E-state index in [1.807, 2.05) is 0 Å². The fraction of sp³-hybridized carbons (Fsp3) is 0.222. The van der Waals surface area contributed by atoms with Crippen molar-refractivity contribution in [1.29, 1.82) is 0 Å². The predicted molar refractivity (Wildman–Crippen MR) is 44.4 cm³/mol. The number of carbonyl (C=O) groups excluding carboxylic acids is 1. The summed E-state index contributed by atoms with van der Waals surface area (Å²) < 4.78 is 36.5. The molecule has 0 fully saturated rings. The van der Waals surface area contributed by atoms with Gasteiger partial charge in [-0.05, 0) is 12.1 Å². The smallest absolute Gasteiger partial charge is 0.284 e. The average Bonchev–Trinajstić information content (AvgIpc) is 2.58. The Morgan fingerprint density at radius 2 is 2.13 bits per heavy atom. The van der Waals surface area contributed by atoms with Gasteiger partial charge in [-0.2, -0.15) is 13.2 Å². The van der Waals surface area contributed by atoms with E-state index in [0.29, 0.717) is 0 Å². The molecule has 0 radical (unpaired) electrons. The van der Waals surface area contributed by atoms with Gasteiger partial charge < -0.3 is 0 Å². The summed E-state index contributed by atoms with van der Waals surface area (Å²) in [6.07, 6.45) is -3.42. The fourth-order valence-electron chi connectivity index (χ4n) is 1.36. The number of Topliss-reactive ketones (excluding diaryl/α,β-unsaturated/α-hetero) is 1. The van der Waals surface area contributed by atoms with Gasteiger partial charge in [-0.1, -0.05) is 0 Å². The molecular formula is C9H5F3N2O. The van der Waals surface area contributed by atoms with E-state index in [2.05, 4.69) is 9.98 Å².